The van der Waals surface area contributed by atoms with E-state index in [2.05, 4.69) is 16.3 Å². The minimum absolute atomic E-state index is 0.0223. The Morgan fingerprint density at radius 1 is 1.13 bits per heavy atom. The number of aromatic amines is 1. The summed E-state index contributed by atoms with van der Waals surface area (Å²) in [5.41, 5.74) is 8.97. The quantitative estimate of drug-likeness (QED) is 0.619. The van der Waals surface area contributed by atoms with Gasteiger partial charge < -0.3 is 24.7 Å². The molecule has 3 aromatic rings. The van der Waals surface area contributed by atoms with E-state index in [9.17, 15) is 5.26 Å². The fourth-order valence-electron chi connectivity index (χ4n) is 3.72. The number of H-pyrrole nitrogens is 1. The number of hydrogen-bond donors (Lipinski definition) is 2. The number of nitrogens with zero attached hydrogens (tertiary/aromatic N) is 2. The lowest BCUT2D eigenvalue weighted by atomic mass is 9.82. The Balaban J connectivity index is 2.00. The highest BCUT2D eigenvalue weighted by Crippen LogP contribution is 2.49. The summed E-state index contributed by atoms with van der Waals surface area (Å²) in [6, 6.07) is 13.0. The van der Waals surface area contributed by atoms with Crippen LogP contribution in [0.4, 0.5) is 0 Å². The number of aromatic nitrogens is 2. The molecule has 0 aliphatic carbocycles. The molecule has 4 rings (SSSR count). The van der Waals surface area contributed by atoms with Crippen molar-refractivity contribution in [1.29, 1.82) is 5.26 Å². The number of nitrogens with two attached hydrogens (primary N) is 1. The largest absolute Gasteiger partial charge is 0.493 e. The standard InChI is InChI=1S/C22H19ClN4O4/c1-28-15-8-11(9-16(29-2)20(15)30-3)17-13(10-24)21(25)31-22-18(17)19(26-27-22)12-6-4-5-7-14(12)23/h4-9,17H,25H2,1-3H3,(H,26,27)/t17-/m1/s1. The Morgan fingerprint density at radius 3 is 2.39 bits per heavy atom. The Morgan fingerprint density at radius 2 is 1.81 bits per heavy atom. The Bertz CT molecular complexity index is 1200. The van der Waals surface area contributed by atoms with Gasteiger partial charge >= 0.3 is 0 Å². The molecule has 1 aliphatic rings. The highest BCUT2D eigenvalue weighted by molar-refractivity contribution is 6.33. The third-order valence-corrected chi connectivity index (χ3v) is 5.43. The van der Waals surface area contributed by atoms with Gasteiger partial charge in [-0.2, -0.15) is 5.26 Å². The van der Waals surface area contributed by atoms with Crippen LogP contribution < -0.4 is 24.7 Å². The molecule has 0 bridgehead atoms. The summed E-state index contributed by atoms with van der Waals surface area (Å²) in [6.45, 7) is 0. The van der Waals surface area contributed by atoms with Crippen LogP contribution >= 0.6 is 11.6 Å². The van der Waals surface area contributed by atoms with E-state index in [-0.39, 0.29) is 17.3 Å². The van der Waals surface area contributed by atoms with Crippen molar-refractivity contribution in [2.75, 3.05) is 21.3 Å². The summed E-state index contributed by atoms with van der Waals surface area (Å²) in [5, 5.41) is 17.7. The van der Waals surface area contributed by atoms with Gasteiger partial charge in [0.25, 0.3) is 0 Å². The van der Waals surface area contributed by atoms with E-state index in [4.69, 9.17) is 36.3 Å². The van der Waals surface area contributed by atoms with Crippen molar-refractivity contribution in [2.24, 2.45) is 5.73 Å². The SMILES string of the molecule is COc1cc([C@@H]2C(C#N)=C(N)Oc3n[nH]c(-c4ccccc4Cl)c32)cc(OC)c1OC. The van der Waals surface area contributed by atoms with Crippen LogP contribution in [0.15, 0.2) is 47.9 Å². The highest BCUT2D eigenvalue weighted by atomic mass is 35.5. The van der Waals surface area contributed by atoms with Crippen LogP contribution in [0.3, 0.4) is 0 Å². The number of nitriles is 1. The highest BCUT2D eigenvalue weighted by Gasteiger charge is 2.37. The molecule has 0 radical (unpaired) electrons. The average molecular weight is 439 g/mol. The van der Waals surface area contributed by atoms with Crippen LogP contribution in [0.5, 0.6) is 23.1 Å². The monoisotopic (exact) mass is 438 g/mol. The minimum atomic E-state index is -0.604. The summed E-state index contributed by atoms with van der Waals surface area (Å²) >= 11 is 6.44. The predicted molar refractivity (Wildman–Crippen MR) is 114 cm³/mol. The molecule has 8 nitrogen and oxygen atoms in total. The van der Waals surface area contributed by atoms with Gasteiger partial charge in [0.1, 0.15) is 11.6 Å². The molecule has 9 heteroatoms. The van der Waals surface area contributed by atoms with Gasteiger partial charge in [-0.3, -0.25) is 5.10 Å². The van der Waals surface area contributed by atoms with Crippen molar-refractivity contribution >= 4 is 11.6 Å². The molecule has 0 fully saturated rings. The van der Waals surface area contributed by atoms with Gasteiger partial charge in [0.2, 0.25) is 17.5 Å². The fraction of sp³-hybridized carbons (Fsp3) is 0.182. The number of nitrogens with one attached hydrogen (secondary N) is 1. The van der Waals surface area contributed by atoms with E-state index in [1.807, 2.05) is 18.2 Å². The summed E-state index contributed by atoms with van der Waals surface area (Å²) < 4.78 is 22.1. The van der Waals surface area contributed by atoms with Crippen molar-refractivity contribution in [3.05, 3.63) is 64.0 Å². The van der Waals surface area contributed by atoms with Crippen LogP contribution in [0.2, 0.25) is 5.02 Å². The molecule has 1 aromatic heterocycles. The van der Waals surface area contributed by atoms with E-state index < -0.39 is 5.92 Å². The molecule has 1 atom stereocenters. The molecule has 0 amide bonds. The summed E-state index contributed by atoms with van der Waals surface area (Å²) in [6.07, 6.45) is 0. The average Bonchev–Trinajstić information content (AvgIpc) is 3.20. The zero-order valence-corrected chi connectivity index (χ0v) is 17.8. The van der Waals surface area contributed by atoms with E-state index in [0.717, 1.165) is 5.56 Å². The van der Waals surface area contributed by atoms with Crippen molar-refractivity contribution in [3.8, 4) is 40.5 Å². The lowest BCUT2D eigenvalue weighted by molar-refractivity contribution is 0.323. The maximum Gasteiger partial charge on any atom is 0.244 e. The van der Waals surface area contributed by atoms with Crippen LogP contribution in [0.25, 0.3) is 11.3 Å². The molecule has 0 saturated heterocycles. The van der Waals surface area contributed by atoms with Gasteiger partial charge in [-0.15, -0.1) is 5.10 Å². The molecule has 1 aliphatic heterocycles. The first kappa shape index (κ1) is 20.4. The molecule has 2 aromatic carbocycles. The molecule has 3 N–H and O–H groups in total. The summed E-state index contributed by atoms with van der Waals surface area (Å²) in [7, 11) is 4.58. The first-order chi connectivity index (χ1) is 15.0. The number of hydrogen-bond acceptors (Lipinski definition) is 7. The summed E-state index contributed by atoms with van der Waals surface area (Å²) in [5.74, 6) is 0.978. The van der Waals surface area contributed by atoms with Gasteiger partial charge in [0.15, 0.2) is 11.5 Å². The topological polar surface area (TPSA) is 115 Å². The van der Waals surface area contributed by atoms with Crippen LogP contribution in [0, 0.1) is 11.3 Å². The van der Waals surface area contributed by atoms with Crippen molar-refractivity contribution < 1.29 is 18.9 Å². The maximum atomic E-state index is 9.91. The molecule has 158 valence electrons. The lowest BCUT2D eigenvalue weighted by Crippen LogP contribution is -2.21. The molecular formula is C22H19ClN4O4. The fourth-order valence-corrected chi connectivity index (χ4v) is 3.95. The normalized spacial score (nSPS) is 15.0. The Kier molecular flexibility index (Phi) is 5.36. The number of fused-ring (bicyclic) bond motifs is 1. The van der Waals surface area contributed by atoms with E-state index in [1.165, 1.54) is 21.3 Å². The van der Waals surface area contributed by atoms with Gasteiger partial charge in [0.05, 0.1) is 38.5 Å². The third-order valence-electron chi connectivity index (χ3n) is 5.10. The maximum absolute atomic E-state index is 9.91. The second-order valence-corrected chi connectivity index (χ2v) is 7.09. The van der Waals surface area contributed by atoms with E-state index >= 15 is 0 Å². The third kappa shape index (κ3) is 3.29. The first-order valence-corrected chi connectivity index (χ1v) is 9.62. The van der Waals surface area contributed by atoms with Gasteiger partial charge in [-0.05, 0) is 23.8 Å². The van der Waals surface area contributed by atoms with E-state index in [0.29, 0.717) is 39.1 Å². The van der Waals surface area contributed by atoms with Gasteiger partial charge in [-0.1, -0.05) is 29.8 Å². The molecule has 0 unspecified atom stereocenters. The van der Waals surface area contributed by atoms with Crippen LogP contribution in [-0.4, -0.2) is 31.5 Å². The number of rotatable bonds is 5. The van der Waals surface area contributed by atoms with Gasteiger partial charge in [-0.25, -0.2) is 0 Å². The van der Waals surface area contributed by atoms with Crippen LogP contribution in [0.1, 0.15) is 17.0 Å². The molecule has 0 spiro atoms. The molecule has 2 heterocycles. The number of allylic oxidation sites excluding steroid dienone is 1. The van der Waals surface area contributed by atoms with Gasteiger partial charge in [0, 0.05) is 10.6 Å². The second kappa shape index (κ2) is 8.13. The van der Waals surface area contributed by atoms with Crippen molar-refractivity contribution in [2.45, 2.75) is 5.92 Å². The number of ether oxygens (including phenoxy) is 4. The first-order valence-electron chi connectivity index (χ1n) is 9.24. The minimum Gasteiger partial charge on any atom is -0.493 e. The van der Waals surface area contributed by atoms with Crippen molar-refractivity contribution in [1.82, 2.24) is 10.2 Å². The Hall–Kier alpha value is -3.83. The molecule has 0 saturated carbocycles. The zero-order valence-electron chi connectivity index (χ0n) is 17.0. The second-order valence-electron chi connectivity index (χ2n) is 6.68. The van der Waals surface area contributed by atoms with Crippen LogP contribution in [-0.2, 0) is 0 Å². The molecular weight excluding hydrogens is 420 g/mol. The molecule has 31 heavy (non-hydrogen) atoms. The number of halogens is 1. The predicted octanol–water partition coefficient (Wildman–Crippen LogP) is 3.97. The number of benzene rings is 2. The Labute approximate surface area is 183 Å². The zero-order chi connectivity index (χ0) is 22.1. The van der Waals surface area contributed by atoms with Crippen molar-refractivity contribution in [3.63, 3.8) is 0 Å². The smallest absolute Gasteiger partial charge is 0.244 e. The van der Waals surface area contributed by atoms with E-state index in [1.54, 1.807) is 18.2 Å². The number of methoxy groups -OCH3 is 3. The summed E-state index contributed by atoms with van der Waals surface area (Å²) in [4.78, 5) is 0. The lowest BCUT2D eigenvalue weighted by Gasteiger charge is -2.25.